The summed E-state index contributed by atoms with van der Waals surface area (Å²) in [7, 11) is 0. The minimum atomic E-state index is -0.298. The van der Waals surface area contributed by atoms with E-state index >= 15 is 0 Å². The Morgan fingerprint density at radius 2 is 2.35 bits per heavy atom. The van der Waals surface area contributed by atoms with E-state index in [1.165, 1.54) is 6.07 Å². The normalized spacial score (nSPS) is 21.6. The molecule has 1 aliphatic heterocycles. The van der Waals surface area contributed by atoms with Crippen molar-refractivity contribution in [3.63, 3.8) is 0 Å². The molecule has 1 saturated heterocycles. The summed E-state index contributed by atoms with van der Waals surface area (Å²) in [5.74, 6) is -0.298. The number of hydrogen-bond acceptors (Lipinski definition) is 4. The number of aliphatic hydroxyl groups excluding tert-OH is 1. The topological polar surface area (TPSA) is 58.7 Å². The number of anilines is 1. The molecule has 0 spiro atoms. The van der Waals surface area contributed by atoms with Crippen LogP contribution in [0.4, 0.5) is 10.1 Å². The summed E-state index contributed by atoms with van der Waals surface area (Å²) in [4.78, 5) is 2.03. The maximum absolute atomic E-state index is 13.6. The molecule has 0 aliphatic carbocycles. The van der Waals surface area contributed by atoms with Crippen molar-refractivity contribution < 1.29 is 14.2 Å². The number of hydrogen-bond donors (Lipinski definition) is 2. The fourth-order valence-corrected chi connectivity index (χ4v) is 1.98. The van der Waals surface area contributed by atoms with Crippen molar-refractivity contribution in [3.05, 3.63) is 29.6 Å². The van der Waals surface area contributed by atoms with E-state index in [4.69, 9.17) is 10.5 Å². The summed E-state index contributed by atoms with van der Waals surface area (Å²) in [5, 5.41) is 9.22. The molecule has 17 heavy (non-hydrogen) atoms. The second-order valence-corrected chi connectivity index (χ2v) is 4.23. The minimum Gasteiger partial charge on any atom is -0.399 e. The van der Waals surface area contributed by atoms with Gasteiger partial charge in [0.15, 0.2) is 0 Å². The van der Waals surface area contributed by atoms with Crippen LogP contribution < -0.4 is 5.73 Å². The van der Waals surface area contributed by atoms with E-state index in [1.54, 1.807) is 12.1 Å². The Kier molecular flexibility index (Phi) is 3.93. The largest absolute Gasteiger partial charge is 0.399 e. The van der Waals surface area contributed by atoms with Crippen LogP contribution in [0.2, 0.25) is 0 Å². The number of nitrogens with zero attached hydrogens (tertiary/aromatic N) is 1. The van der Waals surface area contributed by atoms with Gasteiger partial charge in [-0.2, -0.15) is 0 Å². The average Bonchev–Trinajstić information content (AvgIpc) is 2.33. The van der Waals surface area contributed by atoms with Gasteiger partial charge in [0, 0.05) is 24.3 Å². The second-order valence-electron chi connectivity index (χ2n) is 4.23. The molecular weight excluding hydrogens is 223 g/mol. The summed E-state index contributed by atoms with van der Waals surface area (Å²) in [6.45, 7) is 2.31. The van der Waals surface area contributed by atoms with Gasteiger partial charge < -0.3 is 15.6 Å². The predicted molar refractivity (Wildman–Crippen MR) is 62.9 cm³/mol. The van der Waals surface area contributed by atoms with Crippen LogP contribution in [0.1, 0.15) is 5.56 Å². The maximum atomic E-state index is 13.6. The summed E-state index contributed by atoms with van der Waals surface area (Å²) >= 11 is 0. The van der Waals surface area contributed by atoms with Crippen molar-refractivity contribution in [2.75, 3.05) is 32.1 Å². The molecule has 3 N–H and O–H groups in total. The van der Waals surface area contributed by atoms with Gasteiger partial charge in [0.1, 0.15) is 5.82 Å². The SMILES string of the molecule is Nc1ccc(CN2CCOCC2CO)c(F)c1. The molecule has 0 amide bonds. The molecule has 1 atom stereocenters. The number of nitrogen functional groups attached to an aromatic ring is 1. The lowest BCUT2D eigenvalue weighted by Crippen LogP contribution is -2.46. The van der Waals surface area contributed by atoms with Gasteiger partial charge in [-0.05, 0) is 12.1 Å². The van der Waals surface area contributed by atoms with Crippen LogP contribution in [0.25, 0.3) is 0 Å². The quantitative estimate of drug-likeness (QED) is 0.760. The Bertz CT molecular complexity index is 387. The number of morpholine rings is 1. The zero-order valence-corrected chi connectivity index (χ0v) is 9.60. The van der Waals surface area contributed by atoms with Crippen molar-refractivity contribution in [2.24, 2.45) is 0 Å². The first-order valence-electron chi connectivity index (χ1n) is 5.67. The molecule has 94 valence electrons. The standard InChI is InChI=1S/C12H17FN2O2/c13-12-5-10(14)2-1-9(12)6-15-3-4-17-8-11(15)7-16/h1-2,5,11,16H,3-4,6-8,14H2. The Labute approximate surface area is 99.8 Å². The molecule has 1 aromatic carbocycles. The van der Waals surface area contributed by atoms with Gasteiger partial charge in [-0.1, -0.05) is 6.07 Å². The van der Waals surface area contributed by atoms with Gasteiger partial charge in [-0.15, -0.1) is 0 Å². The van der Waals surface area contributed by atoms with Gasteiger partial charge in [0.2, 0.25) is 0 Å². The molecule has 0 saturated carbocycles. The van der Waals surface area contributed by atoms with Crippen molar-refractivity contribution in [1.29, 1.82) is 0 Å². The zero-order chi connectivity index (χ0) is 12.3. The molecule has 4 nitrogen and oxygen atoms in total. The van der Waals surface area contributed by atoms with E-state index in [1.807, 2.05) is 4.90 Å². The highest BCUT2D eigenvalue weighted by Crippen LogP contribution is 2.17. The summed E-state index contributed by atoms with van der Waals surface area (Å²) in [6.07, 6.45) is 0. The Hall–Kier alpha value is -1.17. The summed E-state index contributed by atoms with van der Waals surface area (Å²) in [6, 6.07) is 4.64. The molecule has 2 rings (SSSR count). The highest BCUT2D eigenvalue weighted by Gasteiger charge is 2.23. The minimum absolute atomic E-state index is 0.0244. The number of ether oxygens (including phenoxy) is 1. The number of nitrogens with two attached hydrogens (primary N) is 1. The van der Waals surface area contributed by atoms with Gasteiger partial charge in [-0.3, -0.25) is 4.90 Å². The van der Waals surface area contributed by atoms with Gasteiger partial charge in [0.25, 0.3) is 0 Å². The van der Waals surface area contributed by atoms with Gasteiger partial charge >= 0.3 is 0 Å². The fraction of sp³-hybridized carbons (Fsp3) is 0.500. The van der Waals surface area contributed by atoms with E-state index < -0.39 is 0 Å². The van der Waals surface area contributed by atoms with Crippen molar-refractivity contribution >= 4 is 5.69 Å². The average molecular weight is 240 g/mol. The lowest BCUT2D eigenvalue weighted by Gasteiger charge is -2.34. The molecular formula is C12H17FN2O2. The van der Waals surface area contributed by atoms with Crippen LogP contribution in [0, 0.1) is 5.82 Å². The first-order chi connectivity index (χ1) is 8.20. The smallest absolute Gasteiger partial charge is 0.129 e. The van der Waals surface area contributed by atoms with Crippen molar-refractivity contribution in [1.82, 2.24) is 4.90 Å². The first kappa shape index (κ1) is 12.3. The maximum Gasteiger partial charge on any atom is 0.129 e. The van der Waals surface area contributed by atoms with E-state index in [0.717, 1.165) is 0 Å². The molecule has 0 aromatic heterocycles. The molecule has 1 unspecified atom stereocenters. The van der Waals surface area contributed by atoms with Crippen molar-refractivity contribution in [2.45, 2.75) is 12.6 Å². The molecule has 5 heteroatoms. The summed E-state index contributed by atoms with van der Waals surface area (Å²) < 4.78 is 18.9. The van der Waals surface area contributed by atoms with Crippen LogP contribution in [0.3, 0.4) is 0 Å². The van der Waals surface area contributed by atoms with Gasteiger partial charge in [-0.25, -0.2) is 4.39 Å². The fourth-order valence-electron chi connectivity index (χ4n) is 1.98. The van der Waals surface area contributed by atoms with Gasteiger partial charge in [0.05, 0.1) is 25.9 Å². The van der Waals surface area contributed by atoms with Crippen LogP contribution >= 0.6 is 0 Å². The molecule has 1 fully saturated rings. The third-order valence-corrected chi connectivity index (χ3v) is 3.01. The highest BCUT2D eigenvalue weighted by atomic mass is 19.1. The third-order valence-electron chi connectivity index (χ3n) is 3.01. The molecule has 1 heterocycles. The number of halogens is 1. The molecule has 1 aliphatic rings. The second kappa shape index (κ2) is 5.44. The Morgan fingerprint density at radius 1 is 1.53 bits per heavy atom. The molecule has 0 bridgehead atoms. The molecule has 1 aromatic rings. The van der Waals surface area contributed by atoms with Crippen LogP contribution in [0.15, 0.2) is 18.2 Å². The van der Waals surface area contributed by atoms with E-state index in [-0.39, 0.29) is 18.5 Å². The van der Waals surface area contributed by atoms with Crippen LogP contribution in [-0.2, 0) is 11.3 Å². The van der Waals surface area contributed by atoms with E-state index in [0.29, 0.717) is 37.6 Å². The van der Waals surface area contributed by atoms with Crippen LogP contribution in [-0.4, -0.2) is 42.4 Å². The van der Waals surface area contributed by atoms with E-state index in [9.17, 15) is 9.50 Å². The Morgan fingerprint density at radius 3 is 3.06 bits per heavy atom. The van der Waals surface area contributed by atoms with E-state index in [2.05, 4.69) is 0 Å². The third kappa shape index (κ3) is 2.94. The number of rotatable bonds is 3. The first-order valence-corrected chi connectivity index (χ1v) is 5.67. The lowest BCUT2D eigenvalue weighted by atomic mass is 10.1. The summed E-state index contributed by atoms with van der Waals surface area (Å²) in [5.41, 5.74) is 6.52. The lowest BCUT2D eigenvalue weighted by molar-refractivity contribution is -0.0316. The molecule has 0 radical (unpaired) electrons. The highest BCUT2D eigenvalue weighted by molar-refractivity contribution is 5.40. The predicted octanol–water partition coefficient (Wildman–Crippen LogP) is 0.601. The monoisotopic (exact) mass is 240 g/mol. The van der Waals surface area contributed by atoms with Crippen molar-refractivity contribution in [3.8, 4) is 0 Å². The Balaban J connectivity index is 2.08. The number of benzene rings is 1. The number of aliphatic hydroxyl groups is 1. The van der Waals surface area contributed by atoms with Crippen LogP contribution in [0.5, 0.6) is 0 Å². The zero-order valence-electron chi connectivity index (χ0n) is 9.60.